The summed E-state index contributed by atoms with van der Waals surface area (Å²) in [5.74, 6) is -1.35. The summed E-state index contributed by atoms with van der Waals surface area (Å²) < 4.78 is 68.9. The number of carbonyl (C=O) groups excluding carboxylic acids is 4. The van der Waals surface area contributed by atoms with Crippen LogP contribution in [0, 0.1) is 5.92 Å². The largest absolute Gasteiger partial charge is 0.472 e. The van der Waals surface area contributed by atoms with Gasteiger partial charge in [-0.25, -0.2) is 9.13 Å². The third-order valence-electron chi connectivity index (χ3n) is 20.5. The number of hydrogen-bond donors (Lipinski definition) is 3. The van der Waals surface area contributed by atoms with Crippen molar-refractivity contribution < 1.29 is 80.2 Å². The maximum atomic E-state index is 13.2. The van der Waals surface area contributed by atoms with Gasteiger partial charge in [-0.2, -0.15) is 0 Å². The molecule has 0 aromatic carbocycles. The first kappa shape index (κ1) is 104. The summed E-state index contributed by atoms with van der Waals surface area (Å²) in [6.07, 6.45) is 73.7. The fraction of sp³-hybridized carbons (Fsp3) is 0.954. The lowest BCUT2D eigenvalue weighted by molar-refractivity contribution is -0.161. The van der Waals surface area contributed by atoms with E-state index in [2.05, 4.69) is 34.6 Å². The van der Waals surface area contributed by atoms with E-state index in [-0.39, 0.29) is 25.7 Å². The van der Waals surface area contributed by atoms with Crippen LogP contribution in [0.4, 0.5) is 0 Å². The Morgan fingerprint density at radius 2 is 0.434 bits per heavy atom. The zero-order valence-electron chi connectivity index (χ0n) is 69.6. The van der Waals surface area contributed by atoms with E-state index in [0.29, 0.717) is 25.7 Å². The third-order valence-corrected chi connectivity index (χ3v) is 22.4. The third kappa shape index (κ3) is 80.1. The molecule has 19 heteroatoms. The number of unbranched alkanes of at least 4 members (excludes halogenated alkanes) is 59. The Morgan fingerprint density at radius 3 is 0.642 bits per heavy atom. The Labute approximate surface area is 651 Å². The number of ether oxygens (including phenoxy) is 4. The van der Waals surface area contributed by atoms with Crippen LogP contribution in [0.2, 0.25) is 0 Å². The molecule has 0 amide bonds. The van der Waals surface area contributed by atoms with Gasteiger partial charge in [-0.15, -0.1) is 0 Å². The predicted molar refractivity (Wildman–Crippen MR) is 437 cm³/mol. The average Bonchev–Trinajstić information content (AvgIpc) is 0.905. The van der Waals surface area contributed by atoms with Crippen molar-refractivity contribution in [2.75, 3.05) is 39.6 Å². The normalized spacial score (nSPS) is 13.7. The van der Waals surface area contributed by atoms with Gasteiger partial charge < -0.3 is 33.8 Å². The van der Waals surface area contributed by atoms with Crippen molar-refractivity contribution >= 4 is 39.5 Å². The lowest BCUT2D eigenvalue weighted by atomic mass is 10.0. The zero-order chi connectivity index (χ0) is 77.6. The van der Waals surface area contributed by atoms with Crippen LogP contribution in [0.15, 0.2) is 0 Å². The van der Waals surface area contributed by atoms with E-state index in [9.17, 15) is 43.2 Å². The second kappa shape index (κ2) is 79.7. The highest BCUT2D eigenvalue weighted by Gasteiger charge is 2.30. The molecule has 5 atom stereocenters. The number of hydrogen-bond acceptors (Lipinski definition) is 15. The average molecular weight is 1550 g/mol. The van der Waals surface area contributed by atoms with Gasteiger partial charge in [0.05, 0.1) is 26.4 Å². The summed E-state index contributed by atoms with van der Waals surface area (Å²) in [6, 6.07) is 0. The number of phosphoric ester groups is 2. The first-order valence-electron chi connectivity index (χ1n) is 45.1. The highest BCUT2D eigenvalue weighted by Crippen LogP contribution is 2.45. The predicted octanol–water partition coefficient (Wildman–Crippen LogP) is 26.8. The van der Waals surface area contributed by atoms with Gasteiger partial charge in [-0.05, 0) is 31.6 Å². The van der Waals surface area contributed by atoms with E-state index in [1.807, 2.05) is 0 Å². The lowest BCUT2D eigenvalue weighted by Gasteiger charge is -2.21. The molecule has 2 unspecified atom stereocenters. The molecule has 0 rings (SSSR count). The van der Waals surface area contributed by atoms with Crippen LogP contribution in [0.5, 0.6) is 0 Å². The van der Waals surface area contributed by atoms with Crippen LogP contribution in [0.25, 0.3) is 0 Å². The first-order chi connectivity index (χ1) is 51.5. The minimum absolute atomic E-state index is 0.108. The van der Waals surface area contributed by atoms with Gasteiger partial charge in [0.25, 0.3) is 0 Å². The van der Waals surface area contributed by atoms with Crippen LogP contribution in [0.1, 0.15) is 471 Å². The summed E-state index contributed by atoms with van der Waals surface area (Å²) in [4.78, 5) is 73.3. The Bertz CT molecular complexity index is 2010. The molecule has 0 heterocycles. The minimum atomic E-state index is -4.97. The maximum absolute atomic E-state index is 13.2. The SMILES string of the molecule is CCCCCCCCCCCCCCCCCCCCCCC(=O)OC[C@H](COP(=O)(O)OC[C@@H](O)COP(=O)(O)OC[C@@H](COC(=O)CCCCCCCCCCCC(C)C)OC(=O)CCCCCCCCCCCCCCCC)OC(=O)CCCCCCCCCCCCCCCCCCCCCC. The molecule has 0 saturated carbocycles. The molecular formula is C87H170O17P2. The van der Waals surface area contributed by atoms with Crippen molar-refractivity contribution in [1.82, 2.24) is 0 Å². The second-order valence-corrected chi connectivity index (χ2v) is 34.7. The zero-order valence-corrected chi connectivity index (χ0v) is 71.4. The smallest absolute Gasteiger partial charge is 0.462 e. The molecule has 0 aliphatic heterocycles. The molecule has 0 bridgehead atoms. The standard InChI is InChI=1S/C87H170O17P2/c1-6-9-12-15-18-21-24-27-30-32-34-36-38-40-43-45-50-55-60-65-70-84(89)97-76-82(103-87(92)73-68-63-58-52-47-44-41-39-37-35-33-31-28-25-22-19-16-13-10-7-2)78-101-105(93,94)99-74-81(88)75-100-106(95,96)102-79-83(77-98-85(90)71-66-61-56-53-48-49-54-59-64-69-80(4)5)104-86(91)72-67-62-57-51-46-42-29-26-23-20-17-14-11-8-3/h80-83,88H,6-79H2,1-5H3,(H,93,94)(H,95,96)/t81-,82-,83-/m1/s1. The van der Waals surface area contributed by atoms with Crippen molar-refractivity contribution in [1.29, 1.82) is 0 Å². The number of rotatable bonds is 87. The number of phosphoric acid groups is 2. The van der Waals surface area contributed by atoms with Gasteiger partial charge in [0, 0.05) is 25.7 Å². The van der Waals surface area contributed by atoms with E-state index in [1.165, 1.54) is 295 Å². The Morgan fingerprint density at radius 1 is 0.255 bits per heavy atom. The summed E-state index contributed by atoms with van der Waals surface area (Å²) in [6.45, 7) is 7.35. The Hall–Kier alpha value is -1.94. The highest BCUT2D eigenvalue weighted by atomic mass is 31.2. The van der Waals surface area contributed by atoms with Gasteiger partial charge in [0.15, 0.2) is 12.2 Å². The molecule has 3 N–H and O–H groups in total. The Balaban J connectivity index is 5.24. The van der Waals surface area contributed by atoms with Gasteiger partial charge in [-0.3, -0.25) is 37.3 Å². The molecule has 0 aliphatic rings. The molecule has 0 fully saturated rings. The van der Waals surface area contributed by atoms with E-state index in [1.54, 1.807) is 0 Å². The highest BCUT2D eigenvalue weighted by molar-refractivity contribution is 7.47. The summed E-state index contributed by atoms with van der Waals surface area (Å²) in [5.41, 5.74) is 0. The van der Waals surface area contributed by atoms with Crippen LogP contribution in [-0.4, -0.2) is 96.7 Å². The van der Waals surface area contributed by atoms with Gasteiger partial charge in [0.1, 0.15) is 19.3 Å². The molecule has 630 valence electrons. The van der Waals surface area contributed by atoms with Crippen LogP contribution >= 0.6 is 15.6 Å². The molecule has 17 nitrogen and oxygen atoms in total. The van der Waals surface area contributed by atoms with Crippen molar-refractivity contribution in [3.8, 4) is 0 Å². The number of aliphatic hydroxyl groups excluding tert-OH is 1. The van der Waals surface area contributed by atoms with Crippen molar-refractivity contribution in [2.24, 2.45) is 5.92 Å². The maximum Gasteiger partial charge on any atom is 0.472 e. The van der Waals surface area contributed by atoms with Gasteiger partial charge in [-0.1, -0.05) is 420 Å². The molecule has 106 heavy (non-hydrogen) atoms. The molecule has 0 radical (unpaired) electrons. The molecule has 0 spiro atoms. The monoisotopic (exact) mass is 1550 g/mol. The van der Waals surface area contributed by atoms with Crippen molar-refractivity contribution in [3.05, 3.63) is 0 Å². The topological polar surface area (TPSA) is 237 Å². The summed E-state index contributed by atoms with van der Waals surface area (Å²) in [7, 11) is -9.93. The fourth-order valence-corrected chi connectivity index (χ4v) is 15.2. The fourth-order valence-electron chi connectivity index (χ4n) is 13.6. The van der Waals surface area contributed by atoms with Crippen LogP contribution in [-0.2, 0) is 65.4 Å². The van der Waals surface area contributed by atoms with E-state index in [0.717, 1.165) is 95.8 Å². The van der Waals surface area contributed by atoms with Gasteiger partial charge in [0.2, 0.25) is 0 Å². The molecule has 0 aromatic heterocycles. The van der Waals surface area contributed by atoms with E-state index in [4.69, 9.17) is 37.0 Å². The molecule has 0 saturated heterocycles. The molecule has 0 aliphatic carbocycles. The van der Waals surface area contributed by atoms with Crippen LogP contribution in [0.3, 0.4) is 0 Å². The first-order valence-corrected chi connectivity index (χ1v) is 48.1. The second-order valence-electron chi connectivity index (χ2n) is 31.8. The summed E-state index contributed by atoms with van der Waals surface area (Å²) in [5, 5.41) is 10.7. The minimum Gasteiger partial charge on any atom is -0.462 e. The Kier molecular flexibility index (Phi) is 78.2. The molecular weight excluding hydrogens is 1380 g/mol. The summed E-state index contributed by atoms with van der Waals surface area (Å²) >= 11 is 0. The van der Waals surface area contributed by atoms with Gasteiger partial charge >= 0.3 is 39.5 Å². The van der Waals surface area contributed by atoms with Crippen LogP contribution < -0.4 is 0 Å². The van der Waals surface area contributed by atoms with Crippen molar-refractivity contribution in [2.45, 2.75) is 490 Å². The number of carbonyl (C=O) groups is 4. The molecule has 0 aromatic rings. The number of esters is 4. The van der Waals surface area contributed by atoms with Crippen molar-refractivity contribution in [3.63, 3.8) is 0 Å². The van der Waals surface area contributed by atoms with E-state index >= 15 is 0 Å². The number of aliphatic hydroxyl groups is 1. The lowest BCUT2D eigenvalue weighted by Crippen LogP contribution is -2.30. The quantitative estimate of drug-likeness (QED) is 0.0222. The van der Waals surface area contributed by atoms with E-state index < -0.39 is 97.5 Å².